The lowest BCUT2D eigenvalue weighted by Gasteiger charge is -2.25. The minimum atomic E-state index is -4.20. The fourth-order valence-electron chi connectivity index (χ4n) is 2.07. The highest BCUT2D eigenvalue weighted by atomic mass is 32.2. The van der Waals surface area contributed by atoms with E-state index >= 15 is 0 Å². The van der Waals surface area contributed by atoms with E-state index in [1.807, 2.05) is 0 Å². The smallest absolute Gasteiger partial charge is 0.260 e. The summed E-state index contributed by atoms with van der Waals surface area (Å²) in [5, 5.41) is 0. The monoisotopic (exact) mass is 266 g/mol. The molecule has 1 aliphatic rings. The van der Waals surface area contributed by atoms with Crippen molar-refractivity contribution in [3.63, 3.8) is 0 Å². The second-order valence-corrected chi connectivity index (χ2v) is 6.18. The summed E-state index contributed by atoms with van der Waals surface area (Å²) in [6, 6.07) is 0. The van der Waals surface area contributed by atoms with Crippen LogP contribution in [0.2, 0.25) is 0 Å². The third-order valence-electron chi connectivity index (χ3n) is 3.12. The summed E-state index contributed by atoms with van der Waals surface area (Å²) in [4.78, 5) is 0. The van der Waals surface area contributed by atoms with E-state index in [1.54, 1.807) is 0 Å². The Kier molecular flexibility index (Phi) is 5.51. The average molecular weight is 266 g/mol. The predicted octanol–water partition coefficient (Wildman–Crippen LogP) is 3.13. The molecule has 5 heteroatoms. The van der Waals surface area contributed by atoms with Crippen LogP contribution in [0.1, 0.15) is 32.1 Å². The van der Waals surface area contributed by atoms with Gasteiger partial charge in [0.15, 0.2) is 0 Å². The maximum Gasteiger partial charge on any atom is 0.390 e. The molecule has 0 amide bonds. The highest BCUT2D eigenvalue weighted by Crippen LogP contribution is 2.29. The Morgan fingerprint density at radius 2 is 1.82 bits per heavy atom. The summed E-state index contributed by atoms with van der Waals surface area (Å²) in [6.07, 6.45) is 3.79. The molecule has 1 nitrogen and oxygen atoms in total. The number of halogens is 3. The van der Waals surface area contributed by atoms with Crippen molar-refractivity contribution in [3.8, 4) is 12.3 Å². The maximum atomic E-state index is 11.9. The van der Waals surface area contributed by atoms with Gasteiger partial charge in [-0.25, -0.2) is 0 Å². The zero-order chi connectivity index (χ0) is 12.9. The number of hydrogen-bond donors (Lipinski definition) is 0. The molecular formula is C12H17F3OS. The molecule has 1 aliphatic carbocycles. The minimum Gasteiger partial charge on any atom is -0.260 e. The fourth-order valence-corrected chi connectivity index (χ4v) is 3.56. The summed E-state index contributed by atoms with van der Waals surface area (Å²) in [6.45, 7) is 0. The molecule has 1 fully saturated rings. The van der Waals surface area contributed by atoms with E-state index in [0.29, 0.717) is 11.7 Å². The first-order chi connectivity index (χ1) is 7.90. The van der Waals surface area contributed by atoms with Crippen molar-refractivity contribution in [3.05, 3.63) is 0 Å². The van der Waals surface area contributed by atoms with Crippen LogP contribution >= 0.6 is 0 Å². The molecule has 98 valence electrons. The van der Waals surface area contributed by atoms with E-state index in [2.05, 4.69) is 5.92 Å². The molecule has 0 spiro atoms. The number of alkyl halides is 3. The van der Waals surface area contributed by atoms with Crippen LogP contribution in [0.15, 0.2) is 0 Å². The van der Waals surface area contributed by atoms with Gasteiger partial charge in [-0.1, -0.05) is 0 Å². The first-order valence-corrected chi connectivity index (χ1v) is 7.27. The molecule has 0 aromatic rings. The molecule has 1 saturated carbocycles. The molecule has 0 aromatic carbocycles. The van der Waals surface area contributed by atoms with E-state index in [1.165, 1.54) is 0 Å². The molecule has 0 saturated heterocycles. The van der Waals surface area contributed by atoms with Crippen molar-refractivity contribution in [1.82, 2.24) is 0 Å². The minimum absolute atomic E-state index is 0.265. The lowest BCUT2D eigenvalue weighted by atomic mass is 9.83. The average Bonchev–Trinajstić information content (AvgIpc) is 2.27. The normalized spacial score (nSPS) is 27.4. The van der Waals surface area contributed by atoms with Gasteiger partial charge in [-0.05, 0) is 31.6 Å². The molecule has 0 heterocycles. The Morgan fingerprint density at radius 3 is 2.29 bits per heavy atom. The van der Waals surface area contributed by atoms with Gasteiger partial charge in [-0.2, -0.15) is 13.2 Å². The summed E-state index contributed by atoms with van der Waals surface area (Å²) in [7, 11) is -1.35. The quantitative estimate of drug-likeness (QED) is 0.714. The molecule has 0 bridgehead atoms. The summed E-state index contributed by atoms with van der Waals surface area (Å²) in [5.41, 5.74) is 0. The highest BCUT2D eigenvalue weighted by molar-refractivity contribution is 7.84. The van der Waals surface area contributed by atoms with E-state index in [-0.39, 0.29) is 11.7 Å². The van der Waals surface area contributed by atoms with E-state index in [9.17, 15) is 17.4 Å². The SMILES string of the molecule is C#CC1CCC(CS(=O)CCC(F)(F)F)CC1. The number of terminal acetylenes is 1. The van der Waals surface area contributed by atoms with Crippen LogP contribution in [0.5, 0.6) is 0 Å². The van der Waals surface area contributed by atoms with E-state index in [4.69, 9.17) is 6.42 Å². The molecule has 1 rings (SSSR count). The first-order valence-electron chi connectivity index (χ1n) is 5.78. The molecule has 0 aromatic heterocycles. The first kappa shape index (κ1) is 14.6. The summed E-state index contributed by atoms with van der Waals surface area (Å²) >= 11 is 0. The number of rotatable bonds is 4. The fraction of sp³-hybridized carbons (Fsp3) is 0.833. The van der Waals surface area contributed by atoms with Gasteiger partial charge < -0.3 is 0 Å². The van der Waals surface area contributed by atoms with Crippen LogP contribution in [0.3, 0.4) is 0 Å². The summed E-state index contributed by atoms with van der Waals surface area (Å²) < 4.78 is 47.3. The van der Waals surface area contributed by atoms with Crippen molar-refractivity contribution in [1.29, 1.82) is 0 Å². The van der Waals surface area contributed by atoms with Gasteiger partial charge in [0.2, 0.25) is 0 Å². The van der Waals surface area contributed by atoms with Gasteiger partial charge >= 0.3 is 6.18 Å². The molecule has 1 unspecified atom stereocenters. The Labute approximate surface area is 103 Å². The predicted molar refractivity (Wildman–Crippen MR) is 62.8 cm³/mol. The van der Waals surface area contributed by atoms with Gasteiger partial charge in [0.1, 0.15) is 0 Å². The van der Waals surface area contributed by atoms with Crippen molar-refractivity contribution in [2.24, 2.45) is 11.8 Å². The lowest BCUT2D eigenvalue weighted by molar-refractivity contribution is -0.129. The van der Waals surface area contributed by atoms with Crippen molar-refractivity contribution >= 4 is 10.8 Å². The van der Waals surface area contributed by atoms with Gasteiger partial charge in [0.25, 0.3) is 0 Å². The van der Waals surface area contributed by atoms with Crippen molar-refractivity contribution in [2.45, 2.75) is 38.3 Å². The summed E-state index contributed by atoms with van der Waals surface area (Å²) in [5.74, 6) is 3.42. The molecule has 17 heavy (non-hydrogen) atoms. The van der Waals surface area contributed by atoms with Crippen molar-refractivity contribution < 1.29 is 17.4 Å². The Morgan fingerprint density at radius 1 is 1.24 bits per heavy atom. The molecule has 1 atom stereocenters. The van der Waals surface area contributed by atoms with Crippen molar-refractivity contribution in [2.75, 3.05) is 11.5 Å². The van der Waals surface area contributed by atoms with Gasteiger partial charge in [0, 0.05) is 28.2 Å². The van der Waals surface area contributed by atoms with Crippen LogP contribution < -0.4 is 0 Å². The highest BCUT2D eigenvalue weighted by Gasteiger charge is 2.28. The van der Waals surface area contributed by atoms with Gasteiger partial charge in [-0.3, -0.25) is 4.21 Å². The Bertz CT molecular complexity index is 298. The largest absolute Gasteiger partial charge is 0.390 e. The van der Waals surface area contributed by atoms with E-state index in [0.717, 1.165) is 25.7 Å². The Balaban J connectivity index is 2.22. The zero-order valence-electron chi connectivity index (χ0n) is 9.63. The van der Waals surface area contributed by atoms with Crippen LogP contribution in [0, 0.1) is 24.2 Å². The molecule has 0 aliphatic heterocycles. The van der Waals surface area contributed by atoms with Gasteiger partial charge in [0.05, 0.1) is 6.42 Å². The molecular weight excluding hydrogens is 249 g/mol. The zero-order valence-corrected chi connectivity index (χ0v) is 10.4. The van der Waals surface area contributed by atoms with E-state index < -0.39 is 23.4 Å². The van der Waals surface area contributed by atoms with Gasteiger partial charge in [-0.15, -0.1) is 12.3 Å². The van der Waals surface area contributed by atoms with Crippen LogP contribution in [0.25, 0.3) is 0 Å². The van der Waals surface area contributed by atoms with Crippen LogP contribution in [-0.2, 0) is 10.8 Å². The second-order valence-electron chi connectivity index (χ2n) is 4.56. The standard InChI is InChI=1S/C12H17F3OS/c1-2-10-3-5-11(6-4-10)9-17(16)8-7-12(13,14)15/h1,10-11H,3-9H2. The van der Waals surface area contributed by atoms with Crippen LogP contribution in [-0.4, -0.2) is 21.9 Å². The number of hydrogen-bond acceptors (Lipinski definition) is 1. The maximum absolute atomic E-state index is 11.9. The third kappa shape index (κ3) is 6.11. The molecule has 0 N–H and O–H groups in total. The third-order valence-corrected chi connectivity index (χ3v) is 4.62. The van der Waals surface area contributed by atoms with Crippen LogP contribution in [0.4, 0.5) is 13.2 Å². The lowest BCUT2D eigenvalue weighted by Crippen LogP contribution is -2.21. The topological polar surface area (TPSA) is 17.1 Å². The molecule has 0 radical (unpaired) electrons. The second kappa shape index (κ2) is 6.44. The Hall–Kier alpha value is -0.500.